The normalized spacial score (nSPS) is 27.9. The summed E-state index contributed by atoms with van der Waals surface area (Å²) >= 11 is 0. The van der Waals surface area contributed by atoms with Gasteiger partial charge in [0, 0.05) is 5.56 Å². The van der Waals surface area contributed by atoms with Gasteiger partial charge in [0.25, 0.3) is 0 Å². The molecule has 0 radical (unpaired) electrons. The van der Waals surface area contributed by atoms with Crippen molar-refractivity contribution in [1.29, 1.82) is 5.26 Å². The molecule has 3 heteroatoms. The summed E-state index contributed by atoms with van der Waals surface area (Å²) in [7, 11) is 0. The molecule has 2 atom stereocenters. The van der Waals surface area contributed by atoms with Gasteiger partial charge in [-0.25, -0.2) is 0 Å². The van der Waals surface area contributed by atoms with Crippen molar-refractivity contribution < 1.29 is 9.47 Å². The van der Waals surface area contributed by atoms with Crippen molar-refractivity contribution in [1.82, 2.24) is 0 Å². The lowest BCUT2D eigenvalue weighted by molar-refractivity contribution is 0.267. The van der Waals surface area contributed by atoms with Crippen LogP contribution in [-0.2, 0) is 4.74 Å². The van der Waals surface area contributed by atoms with Crippen LogP contribution in [0.4, 0.5) is 0 Å². The highest BCUT2D eigenvalue weighted by Gasteiger charge is 2.45. The Bertz CT molecular complexity index is 408. The predicted molar refractivity (Wildman–Crippen MR) is 44.3 cm³/mol. The number of ether oxygens (including phenoxy) is 2. The van der Waals surface area contributed by atoms with Crippen LogP contribution in [0, 0.1) is 11.3 Å². The van der Waals surface area contributed by atoms with Gasteiger partial charge in [-0.1, -0.05) is 0 Å². The van der Waals surface area contributed by atoms with E-state index in [1.54, 1.807) is 6.07 Å². The van der Waals surface area contributed by atoms with Gasteiger partial charge in [0.15, 0.2) is 0 Å². The van der Waals surface area contributed by atoms with Crippen molar-refractivity contribution in [3.05, 3.63) is 29.3 Å². The summed E-state index contributed by atoms with van der Waals surface area (Å²) in [6, 6.07) is 7.56. The van der Waals surface area contributed by atoms with Gasteiger partial charge < -0.3 is 9.47 Å². The quantitative estimate of drug-likeness (QED) is 0.557. The van der Waals surface area contributed by atoms with E-state index in [1.165, 1.54) is 0 Å². The molecular formula is C10H7NO2. The molecule has 2 aliphatic rings. The Morgan fingerprint density at radius 2 is 2.38 bits per heavy atom. The summed E-state index contributed by atoms with van der Waals surface area (Å²) in [5.41, 5.74) is 1.69. The largest absolute Gasteiger partial charge is 0.490 e. The van der Waals surface area contributed by atoms with E-state index < -0.39 is 0 Å². The molecule has 0 saturated carbocycles. The average Bonchev–Trinajstić information content (AvgIpc) is 2.96. The number of nitrogens with zero attached hydrogens (tertiary/aromatic N) is 1. The molecular weight excluding hydrogens is 166 g/mol. The average molecular weight is 173 g/mol. The second kappa shape index (κ2) is 2.24. The minimum atomic E-state index is 0.178. The molecule has 3 rings (SSSR count). The van der Waals surface area contributed by atoms with E-state index >= 15 is 0 Å². The Labute approximate surface area is 75.5 Å². The summed E-state index contributed by atoms with van der Waals surface area (Å²) in [5, 5.41) is 8.71. The third-order valence-electron chi connectivity index (χ3n) is 2.43. The second-order valence-electron chi connectivity index (χ2n) is 3.27. The zero-order valence-corrected chi connectivity index (χ0v) is 6.86. The van der Waals surface area contributed by atoms with Crippen LogP contribution in [-0.4, -0.2) is 12.7 Å². The van der Waals surface area contributed by atoms with Gasteiger partial charge in [0.2, 0.25) is 0 Å². The van der Waals surface area contributed by atoms with Crippen molar-refractivity contribution in [2.45, 2.75) is 12.2 Å². The number of rotatable bonds is 0. The van der Waals surface area contributed by atoms with E-state index in [9.17, 15) is 0 Å². The Balaban J connectivity index is 2.12. The van der Waals surface area contributed by atoms with E-state index in [2.05, 4.69) is 6.07 Å². The SMILES string of the molecule is N#Cc1ccc2c(c1)[C@H]1O[C@@H]1CO2. The van der Waals surface area contributed by atoms with Gasteiger partial charge in [-0.2, -0.15) is 5.26 Å². The molecule has 0 N–H and O–H groups in total. The molecule has 13 heavy (non-hydrogen) atoms. The number of epoxide rings is 1. The van der Waals surface area contributed by atoms with Crippen molar-refractivity contribution in [2.75, 3.05) is 6.61 Å². The second-order valence-corrected chi connectivity index (χ2v) is 3.27. The van der Waals surface area contributed by atoms with Gasteiger partial charge in [-0.15, -0.1) is 0 Å². The van der Waals surface area contributed by atoms with Crippen molar-refractivity contribution in [3.63, 3.8) is 0 Å². The van der Waals surface area contributed by atoms with Crippen molar-refractivity contribution >= 4 is 0 Å². The number of fused-ring (bicyclic) bond motifs is 3. The van der Waals surface area contributed by atoms with Gasteiger partial charge >= 0.3 is 0 Å². The molecule has 1 fully saturated rings. The third-order valence-corrected chi connectivity index (χ3v) is 2.43. The van der Waals surface area contributed by atoms with Crippen LogP contribution in [0.1, 0.15) is 17.2 Å². The Hall–Kier alpha value is -1.53. The van der Waals surface area contributed by atoms with Gasteiger partial charge in [0.05, 0.1) is 11.6 Å². The molecule has 64 valence electrons. The number of nitriles is 1. The molecule has 0 unspecified atom stereocenters. The number of hydrogen-bond acceptors (Lipinski definition) is 3. The molecule has 1 aromatic carbocycles. The van der Waals surface area contributed by atoms with Crippen LogP contribution in [0.2, 0.25) is 0 Å². The molecule has 0 bridgehead atoms. The standard InChI is InChI=1S/C10H7NO2/c11-4-6-1-2-8-7(3-6)10-9(13-10)5-12-8/h1-3,9-10H,5H2/t9-,10-/m1/s1. The van der Waals surface area contributed by atoms with Gasteiger partial charge in [0.1, 0.15) is 24.6 Å². The minimum absolute atomic E-state index is 0.178. The van der Waals surface area contributed by atoms with E-state index in [-0.39, 0.29) is 12.2 Å². The summed E-state index contributed by atoms with van der Waals surface area (Å²) in [5.74, 6) is 0.859. The van der Waals surface area contributed by atoms with E-state index in [1.807, 2.05) is 12.1 Å². The zero-order valence-electron chi connectivity index (χ0n) is 6.86. The summed E-state index contributed by atoms with van der Waals surface area (Å²) in [6.45, 7) is 0.642. The fraction of sp³-hybridized carbons (Fsp3) is 0.300. The highest BCUT2D eigenvalue weighted by Crippen LogP contribution is 2.46. The molecule has 0 aromatic heterocycles. The highest BCUT2D eigenvalue weighted by atomic mass is 16.6. The van der Waals surface area contributed by atoms with E-state index in [0.29, 0.717) is 12.2 Å². The topological polar surface area (TPSA) is 45.5 Å². The first-order valence-corrected chi connectivity index (χ1v) is 4.21. The van der Waals surface area contributed by atoms with Crippen molar-refractivity contribution in [3.8, 4) is 11.8 Å². The lowest BCUT2D eigenvalue weighted by Crippen LogP contribution is -2.11. The minimum Gasteiger partial charge on any atom is -0.490 e. The van der Waals surface area contributed by atoms with Crippen LogP contribution < -0.4 is 4.74 Å². The highest BCUT2D eigenvalue weighted by molar-refractivity contribution is 5.46. The first-order valence-electron chi connectivity index (χ1n) is 4.21. The molecule has 1 saturated heterocycles. The Kier molecular flexibility index (Phi) is 1.19. The summed E-state index contributed by atoms with van der Waals surface area (Å²) in [6.07, 6.45) is 0.401. The third kappa shape index (κ3) is 0.927. The number of hydrogen-bond donors (Lipinski definition) is 0. The maximum absolute atomic E-state index is 8.71. The van der Waals surface area contributed by atoms with Crippen molar-refractivity contribution in [2.24, 2.45) is 0 Å². The van der Waals surface area contributed by atoms with Crippen LogP contribution >= 0.6 is 0 Å². The fourth-order valence-corrected chi connectivity index (χ4v) is 1.69. The molecule has 3 nitrogen and oxygen atoms in total. The van der Waals surface area contributed by atoms with Crippen LogP contribution in [0.5, 0.6) is 5.75 Å². The fourth-order valence-electron chi connectivity index (χ4n) is 1.69. The van der Waals surface area contributed by atoms with Crippen LogP contribution in [0.3, 0.4) is 0 Å². The first-order chi connectivity index (χ1) is 6.38. The summed E-state index contributed by atoms with van der Waals surface area (Å²) in [4.78, 5) is 0. The Morgan fingerprint density at radius 1 is 1.46 bits per heavy atom. The molecule has 0 amide bonds. The first kappa shape index (κ1) is 6.93. The number of benzene rings is 1. The van der Waals surface area contributed by atoms with Crippen LogP contribution in [0.15, 0.2) is 18.2 Å². The van der Waals surface area contributed by atoms with Gasteiger partial charge in [-0.3, -0.25) is 0 Å². The summed E-state index contributed by atoms with van der Waals surface area (Å²) < 4.78 is 10.8. The van der Waals surface area contributed by atoms with E-state index in [4.69, 9.17) is 14.7 Å². The molecule has 0 aliphatic carbocycles. The maximum atomic E-state index is 8.71. The molecule has 0 spiro atoms. The maximum Gasteiger partial charge on any atom is 0.125 e. The zero-order chi connectivity index (χ0) is 8.84. The molecule has 2 heterocycles. The predicted octanol–water partition coefficient (Wildman–Crippen LogP) is 1.39. The van der Waals surface area contributed by atoms with Crippen LogP contribution in [0.25, 0.3) is 0 Å². The lowest BCUT2D eigenvalue weighted by Gasteiger charge is -2.13. The van der Waals surface area contributed by atoms with E-state index in [0.717, 1.165) is 11.3 Å². The molecule has 2 aliphatic heterocycles. The van der Waals surface area contributed by atoms with Gasteiger partial charge in [-0.05, 0) is 18.2 Å². The Morgan fingerprint density at radius 3 is 3.23 bits per heavy atom. The molecule has 1 aromatic rings. The smallest absolute Gasteiger partial charge is 0.125 e. The lowest BCUT2D eigenvalue weighted by atomic mass is 10.0. The monoisotopic (exact) mass is 173 g/mol.